The minimum absolute atomic E-state index is 0.00334. The van der Waals surface area contributed by atoms with Crippen LogP contribution in [0.4, 0.5) is 22.9 Å². The number of para-hydroxylation sites is 1. The third-order valence-corrected chi connectivity index (χ3v) is 8.18. The predicted molar refractivity (Wildman–Crippen MR) is 170 cm³/mol. The Hall–Kier alpha value is -4.28. The van der Waals surface area contributed by atoms with Crippen molar-refractivity contribution in [3.63, 3.8) is 0 Å². The summed E-state index contributed by atoms with van der Waals surface area (Å²) in [5, 5.41) is 2.84. The van der Waals surface area contributed by atoms with E-state index in [1.54, 1.807) is 47.5 Å². The SMILES string of the molecule is CCN(CCN(C)Cc1ccc(N2CCN(C)CC2)cc1)C(=O)CCC(=O)N1c2ccccc2C(=O)Nc2cccnc21. The van der Waals surface area contributed by atoms with Crippen LogP contribution >= 0.6 is 0 Å². The maximum atomic E-state index is 13.6. The van der Waals surface area contributed by atoms with Gasteiger partial charge in [-0.2, -0.15) is 0 Å². The highest BCUT2D eigenvalue weighted by atomic mass is 16.2. The topological polar surface area (TPSA) is 92.3 Å². The quantitative estimate of drug-likeness (QED) is 0.388. The third-order valence-electron chi connectivity index (χ3n) is 8.18. The van der Waals surface area contributed by atoms with Crippen LogP contribution in [0.1, 0.15) is 35.7 Å². The lowest BCUT2D eigenvalue weighted by Crippen LogP contribution is -2.44. The molecule has 10 heteroatoms. The fourth-order valence-corrected chi connectivity index (χ4v) is 5.59. The molecule has 0 saturated carbocycles. The predicted octanol–water partition coefficient (Wildman–Crippen LogP) is 3.82. The van der Waals surface area contributed by atoms with E-state index >= 15 is 0 Å². The number of nitrogens with zero attached hydrogens (tertiary/aromatic N) is 6. The Morgan fingerprint density at radius 1 is 0.930 bits per heavy atom. The first-order valence-corrected chi connectivity index (χ1v) is 15.0. The van der Waals surface area contributed by atoms with Crippen LogP contribution in [0.15, 0.2) is 66.9 Å². The molecule has 0 aliphatic carbocycles. The van der Waals surface area contributed by atoms with E-state index in [0.29, 0.717) is 35.8 Å². The molecule has 3 heterocycles. The number of hydrogen-bond acceptors (Lipinski definition) is 7. The summed E-state index contributed by atoms with van der Waals surface area (Å²) in [4.78, 5) is 54.2. The first-order valence-electron chi connectivity index (χ1n) is 15.0. The molecule has 0 unspecified atom stereocenters. The fourth-order valence-electron chi connectivity index (χ4n) is 5.59. The van der Waals surface area contributed by atoms with Crippen LogP contribution in [-0.2, 0) is 16.1 Å². The summed E-state index contributed by atoms with van der Waals surface area (Å²) < 4.78 is 0. The van der Waals surface area contributed by atoms with Crippen molar-refractivity contribution in [2.24, 2.45) is 0 Å². The number of fused-ring (bicyclic) bond motifs is 2. The van der Waals surface area contributed by atoms with Gasteiger partial charge in [-0.25, -0.2) is 4.98 Å². The third kappa shape index (κ3) is 7.21. The molecule has 3 aromatic rings. The number of likely N-dealkylation sites (N-methyl/N-ethyl adjacent to an activating group) is 3. The number of hydrogen-bond donors (Lipinski definition) is 1. The maximum Gasteiger partial charge on any atom is 0.257 e. The number of rotatable bonds is 10. The van der Waals surface area contributed by atoms with Gasteiger partial charge in [-0.1, -0.05) is 24.3 Å². The fraction of sp³-hybridized carbons (Fsp3) is 0.394. The second-order valence-corrected chi connectivity index (χ2v) is 11.2. The lowest BCUT2D eigenvalue weighted by molar-refractivity contribution is -0.133. The molecule has 2 aliphatic rings. The number of piperazine rings is 1. The molecule has 2 aromatic carbocycles. The van der Waals surface area contributed by atoms with E-state index in [1.807, 2.05) is 6.92 Å². The molecule has 5 rings (SSSR count). The summed E-state index contributed by atoms with van der Waals surface area (Å²) in [6.45, 7) is 8.88. The lowest BCUT2D eigenvalue weighted by atomic mass is 10.1. The summed E-state index contributed by atoms with van der Waals surface area (Å²) in [7, 11) is 4.23. The largest absolute Gasteiger partial charge is 0.369 e. The Morgan fingerprint density at radius 2 is 1.67 bits per heavy atom. The second-order valence-electron chi connectivity index (χ2n) is 11.2. The Balaban J connectivity index is 1.15. The minimum Gasteiger partial charge on any atom is -0.369 e. The Labute approximate surface area is 253 Å². The van der Waals surface area contributed by atoms with Gasteiger partial charge in [-0.3, -0.25) is 19.3 Å². The number of amides is 3. The van der Waals surface area contributed by atoms with Gasteiger partial charge in [0.2, 0.25) is 11.8 Å². The van der Waals surface area contributed by atoms with E-state index in [9.17, 15) is 14.4 Å². The van der Waals surface area contributed by atoms with Gasteiger partial charge in [0.05, 0.1) is 16.9 Å². The standard InChI is InChI=1S/C33H41N7O3/c1-4-38(21-20-37(3)24-25-11-13-26(14-12-25)39-22-18-36(2)19-23-39)30(41)15-16-31(42)40-29-10-6-5-8-27(29)33(43)35-28-9-7-17-34-32(28)40/h5-14,17H,4,15-16,18-24H2,1-3H3,(H,35,43). The van der Waals surface area contributed by atoms with E-state index in [-0.39, 0.29) is 30.6 Å². The first-order chi connectivity index (χ1) is 20.8. The van der Waals surface area contributed by atoms with E-state index in [4.69, 9.17) is 0 Å². The van der Waals surface area contributed by atoms with Crippen molar-refractivity contribution in [2.45, 2.75) is 26.3 Å². The van der Waals surface area contributed by atoms with Crippen LogP contribution in [-0.4, -0.2) is 97.3 Å². The van der Waals surface area contributed by atoms with Crippen LogP contribution in [0, 0.1) is 0 Å². The summed E-state index contributed by atoms with van der Waals surface area (Å²) in [5.74, 6) is -0.308. The molecule has 10 nitrogen and oxygen atoms in total. The van der Waals surface area contributed by atoms with E-state index < -0.39 is 0 Å². The van der Waals surface area contributed by atoms with Gasteiger partial charge in [0.15, 0.2) is 5.82 Å². The zero-order valence-electron chi connectivity index (χ0n) is 25.3. The molecule has 0 radical (unpaired) electrons. The van der Waals surface area contributed by atoms with Crippen LogP contribution in [0.3, 0.4) is 0 Å². The molecule has 3 amide bonds. The van der Waals surface area contributed by atoms with Crippen LogP contribution < -0.4 is 15.1 Å². The number of benzene rings is 2. The maximum absolute atomic E-state index is 13.6. The highest BCUT2D eigenvalue weighted by molar-refractivity contribution is 6.17. The van der Waals surface area contributed by atoms with Gasteiger partial charge in [-0.05, 0) is 63.0 Å². The molecule has 226 valence electrons. The molecule has 0 bridgehead atoms. The smallest absolute Gasteiger partial charge is 0.257 e. The normalized spacial score (nSPS) is 15.0. The first kappa shape index (κ1) is 30.2. The minimum atomic E-state index is -0.302. The van der Waals surface area contributed by atoms with Gasteiger partial charge in [-0.15, -0.1) is 0 Å². The van der Waals surface area contributed by atoms with Gasteiger partial charge in [0.25, 0.3) is 5.91 Å². The van der Waals surface area contributed by atoms with Gasteiger partial charge in [0.1, 0.15) is 0 Å². The monoisotopic (exact) mass is 583 g/mol. The molecule has 1 N–H and O–H groups in total. The second kappa shape index (κ2) is 13.8. The zero-order chi connectivity index (χ0) is 30.3. The van der Waals surface area contributed by atoms with Crippen LogP contribution in [0.5, 0.6) is 0 Å². The highest BCUT2D eigenvalue weighted by Crippen LogP contribution is 2.36. The summed E-state index contributed by atoms with van der Waals surface area (Å²) in [5.41, 5.74) is 3.80. The molecule has 2 aliphatic heterocycles. The van der Waals surface area contributed by atoms with Gasteiger partial charge >= 0.3 is 0 Å². The van der Waals surface area contributed by atoms with Crippen molar-refractivity contribution in [2.75, 3.05) is 75.0 Å². The van der Waals surface area contributed by atoms with Crippen molar-refractivity contribution in [3.8, 4) is 0 Å². The molecular formula is C33H41N7O3. The summed E-state index contributed by atoms with van der Waals surface area (Å²) >= 11 is 0. The summed E-state index contributed by atoms with van der Waals surface area (Å²) in [6.07, 6.45) is 1.66. The van der Waals surface area contributed by atoms with Crippen molar-refractivity contribution in [1.82, 2.24) is 19.7 Å². The number of anilines is 4. The van der Waals surface area contributed by atoms with Crippen molar-refractivity contribution in [1.29, 1.82) is 0 Å². The van der Waals surface area contributed by atoms with Crippen molar-refractivity contribution in [3.05, 3.63) is 78.0 Å². The molecule has 0 spiro atoms. The summed E-state index contributed by atoms with van der Waals surface area (Å²) in [6, 6.07) is 19.2. The zero-order valence-corrected chi connectivity index (χ0v) is 25.3. The highest BCUT2D eigenvalue weighted by Gasteiger charge is 2.30. The van der Waals surface area contributed by atoms with Crippen LogP contribution in [0.2, 0.25) is 0 Å². The number of aromatic nitrogens is 1. The Bertz CT molecular complexity index is 1440. The molecular weight excluding hydrogens is 542 g/mol. The van der Waals surface area contributed by atoms with E-state index in [2.05, 4.69) is 63.4 Å². The van der Waals surface area contributed by atoms with Gasteiger partial charge < -0.3 is 24.9 Å². The average Bonchev–Trinajstić information content (AvgIpc) is 3.14. The Kier molecular flexibility index (Phi) is 9.68. The molecule has 1 fully saturated rings. The van der Waals surface area contributed by atoms with E-state index in [1.165, 1.54) is 16.2 Å². The molecule has 1 saturated heterocycles. The average molecular weight is 584 g/mol. The molecule has 43 heavy (non-hydrogen) atoms. The Morgan fingerprint density at radius 3 is 2.42 bits per heavy atom. The van der Waals surface area contributed by atoms with Crippen molar-refractivity contribution >= 4 is 40.6 Å². The number of nitrogens with one attached hydrogen (secondary N) is 1. The number of carbonyl (C=O) groups excluding carboxylic acids is 3. The molecule has 1 aromatic heterocycles. The molecule has 0 atom stereocenters. The lowest BCUT2D eigenvalue weighted by Gasteiger charge is -2.34. The van der Waals surface area contributed by atoms with Crippen molar-refractivity contribution < 1.29 is 14.4 Å². The van der Waals surface area contributed by atoms with E-state index in [0.717, 1.165) is 39.3 Å². The number of pyridine rings is 1. The van der Waals surface area contributed by atoms with Crippen LogP contribution in [0.25, 0.3) is 0 Å². The van der Waals surface area contributed by atoms with Gasteiger partial charge in [0, 0.05) is 77.1 Å². The number of carbonyl (C=O) groups is 3.